The number of rotatable bonds is 22. The Bertz CT molecular complexity index is 542. The van der Waals surface area contributed by atoms with E-state index >= 15 is 0 Å². The molecule has 0 radical (unpaired) electrons. The molecular formula is C26H47O4P. The highest BCUT2D eigenvalue weighted by Crippen LogP contribution is 2.47. The predicted octanol–water partition coefficient (Wildman–Crippen LogP) is 8.79. The van der Waals surface area contributed by atoms with Crippen LogP contribution in [0, 0.1) is 0 Å². The minimum Gasteiger partial charge on any atom is -0.494 e. The zero-order valence-electron chi connectivity index (χ0n) is 20.2. The zero-order chi connectivity index (χ0) is 22.5. The fourth-order valence-electron chi connectivity index (χ4n) is 3.85. The molecule has 0 heterocycles. The van der Waals surface area contributed by atoms with Gasteiger partial charge in [0.1, 0.15) is 5.75 Å². The molecule has 5 heteroatoms. The van der Waals surface area contributed by atoms with E-state index in [2.05, 4.69) is 0 Å². The van der Waals surface area contributed by atoms with Crippen LogP contribution in [0.25, 0.3) is 0 Å². The van der Waals surface area contributed by atoms with Crippen LogP contribution >= 0.6 is 7.60 Å². The minimum atomic E-state index is -2.79. The first kappa shape index (κ1) is 28.2. The average Bonchev–Trinajstić information content (AvgIpc) is 2.81. The number of hydrogen-bond donors (Lipinski definition) is 0. The van der Waals surface area contributed by atoms with E-state index < -0.39 is 7.60 Å². The Labute approximate surface area is 192 Å². The maximum absolute atomic E-state index is 11.9. The van der Waals surface area contributed by atoms with E-state index in [4.69, 9.17) is 13.8 Å². The third kappa shape index (κ3) is 16.5. The number of hydrogen-bond acceptors (Lipinski definition) is 4. The molecule has 0 amide bonds. The summed E-state index contributed by atoms with van der Waals surface area (Å²) in [6, 6.07) is 10.1. The lowest BCUT2D eigenvalue weighted by Crippen LogP contribution is -1.96. The van der Waals surface area contributed by atoms with Crippen molar-refractivity contribution in [3.8, 4) is 5.75 Å². The molecule has 0 spiro atoms. The van der Waals surface area contributed by atoms with Crippen LogP contribution in [0.2, 0.25) is 0 Å². The van der Waals surface area contributed by atoms with E-state index in [0.29, 0.717) is 6.16 Å². The first-order valence-corrected chi connectivity index (χ1v) is 14.3. The van der Waals surface area contributed by atoms with Gasteiger partial charge in [-0.25, -0.2) is 0 Å². The van der Waals surface area contributed by atoms with Crippen molar-refractivity contribution in [2.45, 2.75) is 103 Å². The van der Waals surface area contributed by atoms with E-state index in [0.717, 1.165) is 31.6 Å². The second-order valence-corrected chi connectivity index (χ2v) is 10.9. The average molecular weight is 455 g/mol. The molecule has 1 aromatic rings. The lowest BCUT2D eigenvalue weighted by Gasteiger charge is -2.12. The van der Waals surface area contributed by atoms with Crippen molar-refractivity contribution in [1.82, 2.24) is 0 Å². The molecule has 0 fully saturated rings. The first-order valence-electron chi connectivity index (χ1n) is 12.6. The summed E-state index contributed by atoms with van der Waals surface area (Å²) in [6.07, 6.45) is 21.3. The topological polar surface area (TPSA) is 44.8 Å². The van der Waals surface area contributed by atoms with Crippen molar-refractivity contribution in [3.63, 3.8) is 0 Å². The lowest BCUT2D eigenvalue weighted by atomic mass is 10.0. The van der Waals surface area contributed by atoms with E-state index in [1.54, 1.807) is 0 Å². The Morgan fingerprint density at radius 2 is 0.968 bits per heavy atom. The van der Waals surface area contributed by atoms with Crippen molar-refractivity contribution in [3.05, 3.63) is 30.3 Å². The third-order valence-electron chi connectivity index (χ3n) is 5.89. The molecule has 4 nitrogen and oxygen atoms in total. The second-order valence-electron chi connectivity index (χ2n) is 8.52. The van der Waals surface area contributed by atoms with E-state index in [9.17, 15) is 4.57 Å². The van der Waals surface area contributed by atoms with Gasteiger partial charge in [-0.15, -0.1) is 0 Å². The number of benzene rings is 1. The molecule has 0 saturated carbocycles. The van der Waals surface area contributed by atoms with Crippen LogP contribution in [0.4, 0.5) is 0 Å². The van der Waals surface area contributed by atoms with Gasteiger partial charge in [-0.2, -0.15) is 0 Å². The van der Waals surface area contributed by atoms with Crippen LogP contribution < -0.4 is 4.74 Å². The van der Waals surface area contributed by atoms with Crippen LogP contribution in [-0.4, -0.2) is 27.0 Å². The van der Waals surface area contributed by atoms with Crippen LogP contribution in [0.1, 0.15) is 103 Å². The summed E-state index contributed by atoms with van der Waals surface area (Å²) in [5.74, 6) is 0.987. The fraction of sp³-hybridized carbons (Fsp3) is 0.769. The van der Waals surface area contributed by atoms with Crippen LogP contribution in [0.3, 0.4) is 0 Å². The SMILES string of the molecule is COP(=O)(CCCCCCCCCCCCCCCCCCOc1ccccc1)OC. The molecule has 1 aromatic carbocycles. The molecule has 0 aliphatic carbocycles. The van der Waals surface area contributed by atoms with Crippen molar-refractivity contribution < 1.29 is 18.3 Å². The smallest absolute Gasteiger partial charge is 0.330 e. The van der Waals surface area contributed by atoms with Crippen molar-refractivity contribution in [2.75, 3.05) is 27.0 Å². The Morgan fingerprint density at radius 3 is 1.39 bits per heavy atom. The summed E-state index contributed by atoms with van der Waals surface area (Å²) in [4.78, 5) is 0. The van der Waals surface area contributed by atoms with Crippen molar-refractivity contribution in [1.29, 1.82) is 0 Å². The summed E-state index contributed by atoms with van der Waals surface area (Å²) in [5.41, 5.74) is 0. The fourth-order valence-corrected chi connectivity index (χ4v) is 4.97. The molecule has 180 valence electrons. The van der Waals surface area contributed by atoms with Gasteiger partial charge in [0.25, 0.3) is 0 Å². The van der Waals surface area contributed by atoms with Crippen LogP contribution in [0.15, 0.2) is 30.3 Å². The molecule has 0 N–H and O–H groups in total. The van der Waals surface area contributed by atoms with Crippen LogP contribution in [0.5, 0.6) is 5.75 Å². The maximum Gasteiger partial charge on any atom is 0.330 e. The Kier molecular flexibility index (Phi) is 18.0. The van der Waals surface area contributed by atoms with Gasteiger partial charge in [-0.05, 0) is 25.0 Å². The third-order valence-corrected chi connectivity index (χ3v) is 7.87. The summed E-state index contributed by atoms with van der Waals surface area (Å²) in [5, 5.41) is 0. The highest BCUT2D eigenvalue weighted by Gasteiger charge is 2.19. The van der Waals surface area contributed by atoms with Crippen molar-refractivity contribution >= 4 is 7.60 Å². The summed E-state index contributed by atoms with van der Waals surface area (Å²) >= 11 is 0. The van der Waals surface area contributed by atoms with E-state index in [-0.39, 0.29) is 0 Å². The van der Waals surface area contributed by atoms with Gasteiger partial charge in [-0.1, -0.05) is 108 Å². The van der Waals surface area contributed by atoms with E-state index in [1.165, 1.54) is 97.7 Å². The number of para-hydroxylation sites is 1. The second kappa shape index (κ2) is 19.8. The zero-order valence-corrected chi connectivity index (χ0v) is 21.1. The lowest BCUT2D eigenvalue weighted by molar-refractivity contribution is 0.275. The first-order chi connectivity index (χ1) is 15.2. The monoisotopic (exact) mass is 454 g/mol. The van der Waals surface area contributed by atoms with Gasteiger partial charge in [0, 0.05) is 14.2 Å². The molecule has 31 heavy (non-hydrogen) atoms. The molecule has 0 atom stereocenters. The highest BCUT2D eigenvalue weighted by atomic mass is 31.2. The minimum absolute atomic E-state index is 0.544. The summed E-state index contributed by atoms with van der Waals surface area (Å²) < 4.78 is 27.6. The molecule has 0 aliphatic rings. The quantitative estimate of drug-likeness (QED) is 0.130. The molecule has 0 aromatic heterocycles. The Hall–Kier alpha value is -0.830. The van der Waals surface area contributed by atoms with Gasteiger partial charge >= 0.3 is 7.60 Å². The normalized spacial score (nSPS) is 11.7. The molecule has 0 bridgehead atoms. The molecule has 0 saturated heterocycles. The maximum atomic E-state index is 11.9. The number of unbranched alkanes of at least 4 members (excludes halogenated alkanes) is 15. The molecule has 0 unspecified atom stereocenters. The van der Waals surface area contributed by atoms with Gasteiger partial charge in [-0.3, -0.25) is 4.57 Å². The van der Waals surface area contributed by atoms with Crippen LogP contribution in [-0.2, 0) is 13.6 Å². The Balaban J connectivity index is 1.72. The van der Waals surface area contributed by atoms with Gasteiger partial charge in [0.15, 0.2) is 0 Å². The van der Waals surface area contributed by atoms with Crippen molar-refractivity contribution in [2.24, 2.45) is 0 Å². The number of ether oxygens (including phenoxy) is 1. The molecule has 1 rings (SSSR count). The molecular weight excluding hydrogens is 407 g/mol. The van der Waals surface area contributed by atoms with Gasteiger partial charge < -0.3 is 13.8 Å². The summed E-state index contributed by atoms with van der Waals surface area (Å²) in [7, 11) is 0.147. The predicted molar refractivity (Wildman–Crippen MR) is 132 cm³/mol. The largest absolute Gasteiger partial charge is 0.494 e. The highest BCUT2D eigenvalue weighted by molar-refractivity contribution is 7.53. The van der Waals surface area contributed by atoms with E-state index in [1.807, 2.05) is 30.3 Å². The molecule has 0 aliphatic heterocycles. The summed E-state index contributed by atoms with van der Waals surface area (Å²) in [6.45, 7) is 0.841. The standard InChI is InChI=1S/C26H47O4P/c1-28-31(27,29-2)25-21-16-14-12-10-8-6-4-3-5-7-9-11-13-15-20-24-30-26-22-18-17-19-23-26/h17-19,22-23H,3-16,20-21,24-25H2,1-2H3. The van der Waals surface area contributed by atoms with Gasteiger partial charge in [0.05, 0.1) is 12.8 Å². The Morgan fingerprint density at radius 1 is 0.581 bits per heavy atom. The van der Waals surface area contributed by atoms with Gasteiger partial charge in [0.2, 0.25) is 0 Å².